The van der Waals surface area contributed by atoms with E-state index in [0.29, 0.717) is 12.1 Å². The fraction of sp³-hybridized carbons (Fsp3) is 0.286. The number of rotatable bonds is 4. The maximum Gasteiger partial charge on any atom is 0.128 e. The molecule has 0 aliphatic rings. The smallest absolute Gasteiger partial charge is 0.128 e. The van der Waals surface area contributed by atoms with Crippen LogP contribution in [-0.4, -0.2) is 11.9 Å². The van der Waals surface area contributed by atoms with Gasteiger partial charge in [-0.2, -0.15) is 0 Å². The Kier molecular flexibility index (Phi) is 4.71. The highest BCUT2D eigenvalue weighted by Crippen LogP contribution is 2.28. The second-order valence-electron chi connectivity index (χ2n) is 4.45. The van der Waals surface area contributed by atoms with Crippen LogP contribution < -0.4 is 0 Å². The van der Waals surface area contributed by atoms with Crippen LogP contribution in [-0.2, 0) is 6.54 Å². The van der Waals surface area contributed by atoms with Gasteiger partial charge < -0.3 is 0 Å². The van der Waals surface area contributed by atoms with Crippen LogP contribution in [0.25, 0.3) is 0 Å². The minimum absolute atomic E-state index is 0.190. The van der Waals surface area contributed by atoms with E-state index in [9.17, 15) is 8.78 Å². The van der Waals surface area contributed by atoms with E-state index in [1.807, 2.05) is 30.3 Å². The molecule has 2 aromatic rings. The van der Waals surface area contributed by atoms with Gasteiger partial charge in [0.2, 0.25) is 0 Å². The quantitative estimate of drug-likeness (QED) is 0.755. The van der Waals surface area contributed by atoms with Crippen LogP contribution in [0.3, 0.4) is 0 Å². The van der Waals surface area contributed by atoms with Crippen LogP contribution in [0, 0.1) is 11.6 Å². The summed E-state index contributed by atoms with van der Waals surface area (Å²) in [6.07, 6.45) is 0. The summed E-state index contributed by atoms with van der Waals surface area (Å²) in [5.41, 5.74) is 0.384. The van der Waals surface area contributed by atoms with E-state index in [1.54, 1.807) is 11.3 Å². The molecule has 19 heavy (non-hydrogen) atoms. The molecule has 1 atom stereocenters. The first-order valence-corrected chi connectivity index (χ1v) is 7.53. The van der Waals surface area contributed by atoms with E-state index < -0.39 is 5.82 Å². The Labute approximate surface area is 124 Å². The van der Waals surface area contributed by atoms with Crippen LogP contribution >= 0.6 is 27.3 Å². The molecule has 0 aliphatic carbocycles. The van der Waals surface area contributed by atoms with Crippen LogP contribution in [0.2, 0.25) is 0 Å². The molecular formula is C14H14BrF2NS. The lowest BCUT2D eigenvalue weighted by atomic mass is 10.1. The molecule has 0 bridgehead atoms. The first kappa shape index (κ1) is 14.6. The Hall–Kier alpha value is -0.780. The SMILES string of the molecule is CC(c1cc(F)ccc1F)N(C)Cc1sccc1Br. The molecule has 2 rings (SSSR count). The van der Waals surface area contributed by atoms with Crippen molar-refractivity contribution in [2.24, 2.45) is 0 Å². The number of hydrogen-bond acceptors (Lipinski definition) is 2. The number of hydrogen-bond donors (Lipinski definition) is 0. The van der Waals surface area contributed by atoms with Crippen molar-refractivity contribution < 1.29 is 8.78 Å². The van der Waals surface area contributed by atoms with E-state index in [0.717, 1.165) is 10.5 Å². The molecule has 1 unspecified atom stereocenters. The van der Waals surface area contributed by atoms with Gasteiger partial charge in [-0.1, -0.05) is 0 Å². The lowest BCUT2D eigenvalue weighted by molar-refractivity contribution is 0.249. The van der Waals surface area contributed by atoms with Crippen LogP contribution in [0.15, 0.2) is 34.1 Å². The third-order valence-electron chi connectivity index (χ3n) is 3.15. The maximum atomic E-state index is 13.7. The zero-order valence-corrected chi connectivity index (χ0v) is 13.1. The molecule has 0 aliphatic heterocycles. The predicted octanol–water partition coefficient (Wildman–Crippen LogP) is 4.98. The van der Waals surface area contributed by atoms with Crippen molar-refractivity contribution in [1.82, 2.24) is 4.90 Å². The predicted molar refractivity (Wildman–Crippen MR) is 78.3 cm³/mol. The molecule has 0 saturated heterocycles. The zero-order valence-electron chi connectivity index (χ0n) is 10.7. The lowest BCUT2D eigenvalue weighted by Crippen LogP contribution is -2.22. The van der Waals surface area contributed by atoms with Gasteiger partial charge in [0.1, 0.15) is 11.6 Å². The first-order valence-electron chi connectivity index (χ1n) is 5.86. The van der Waals surface area contributed by atoms with Gasteiger partial charge in [-0.05, 0) is 59.5 Å². The zero-order chi connectivity index (χ0) is 14.0. The first-order chi connectivity index (χ1) is 8.99. The molecule has 0 N–H and O–H groups in total. The highest BCUT2D eigenvalue weighted by atomic mass is 79.9. The van der Waals surface area contributed by atoms with Crippen molar-refractivity contribution in [3.63, 3.8) is 0 Å². The maximum absolute atomic E-state index is 13.7. The monoisotopic (exact) mass is 345 g/mol. The van der Waals surface area contributed by atoms with E-state index >= 15 is 0 Å². The highest BCUT2D eigenvalue weighted by molar-refractivity contribution is 9.10. The average molecular weight is 346 g/mol. The van der Waals surface area contributed by atoms with Crippen LogP contribution in [0.5, 0.6) is 0 Å². The van der Waals surface area contributed by atoms with Crippen molar-refractivity contribution in [2.75, 3.05) is 7.05 Å². The summed E-state index contributed by atoms with van der Waals surface area (Å²) in [5.74, 6) is -0.778. The van der Waals surface area contributed by atoms with Gasteiger partial charge in [0.05, 0.1) is 0 Å². The topological polar surface area (TPSA) is 3.24 Å². The molecule has 102 valence electrons. The summed E-state index contributed by atoms with van der Waals surface area (Å²) >= 11 is 5.12. The van der Waals surface area contributed by atoms with Gasteiger partial charge >= 0.3 is 0 Å². The molecule has 5 heteroatoms. The Morgan fingerprint density at radius 1 is 1.32 bits per heavy atom. The van der Waals surface area contributed by atoms with Crippen molar-refractivity contribution in [3.8, 4) is 0 Å². The van der Waals surface area contributed by atoms with Gasteiger partial charge in [0.25, 0.3) is 0 Å². The van der Waals surface area contributed by atoms with Crippen LogP contribution in [0.1, 0.15) is 23.4 Å². The van der Waals surface area contributed by atoms with Gasteiger partial charge in [-0.25, -0.2) is 8.78 Å². The normalized spacial score (nSPS) is 12.9. The molecule has 1 nitrogen and oxygen atoms in total. The standard InChI is InChI=1S/C14H14BrF2NS/c1-9(11-7-10(16)3-4-13(11)17)18(2)8-14-12(15)5-6-19-14/h3-7,9H,8H2,1-2H3. The van der Waals surface area contributed by atoms with E-state index in [4.69, 9.17) is 0 Å². The molecule has 0 spiro atoms. The van der Waals surface area contributed by atoms with Crippen molar-refractivity contribution in [3.05, 3.63) is 56.2 Å². The van der Waals surface area contributed by atoms with E-state index in [2.05, 4.69) is 15.9 Å². The summed E-state index contributed by atoms with van der Waals surface area (Å²) < 4.78 is 28.0. The Balaban J connectivity index is 2.17. The Bertz CT molecular complexity index is 570. The second kappa shape index (κ2) is 6.11. The minimum atomic E-state index is -0.408. The van der Waals surface area contributed by atoms with E-state index in [-0.39, 0.29) is 11.9 Å². The Morgan fingerprint density at radius 2 is 2.05 bits per heavy atom. The lowest BCUT2D eigenvalue weighted by Gasteiger charge is -2.25. The molecule has 0 amide bonds. The van der Waals surface area contributed by atoms with Gasteiger partial charge in [-0.3, -0.25) is 4.90 Å². The van der Waals surface area contributed by atoms with Crippen molar-refractivity contribution in [1.29, 1.82) is 0 Å². The van der Waals surface area contributed by atoms with E-state index in [1.165, 1.54) is 17.0 Å². The molecular weight excluding hydrogens is 332 g/mol. The number of thiophene rings is 1. The molecule has 1 heterocycles. The van der Waals surface area contributed by atoms with Gasteiger partial charge in [0, 0.05) is 27.5 Å². The number of halogens is 3. The van der Waals surface area contributed by atoms with Crippen molar-refractivity contribution >= 4 is 27.3 Å². The summed E-state index contributed by atoms with van der Waals surface area (Å²) in [6, 6.07) is 5.38. The van der Waals surface area contributed by atoms with Crippen LogP contribution in [0.4, 0.5) is 8.78 Å². The molecule has 1 aromatic carbocycles. The minimum Gasteiger partial charge on any atom is -0.294 e. The molecule has 0 radical (unpaired) electrons. The third kappa shape index (κ3) is 3.41. The molecule has 0 saturated carbocycles. The average Bonchev–Trinajstić information content (AvgIpc) is 2.77. The fourth-order valence-electron chi connectivity index (χ4n) is 1.87. The number of nitrogens with zero attached hydrogens (tertiary/aromatic N) is 1. The second-order valence-corrected chi connectivity index (χ2v) is 6.30. The van der Waals surface area contributed by atoms with Gasteiger partial charge in [-0.15, -0.1) is 11.3 Å². The summed E-state index contributed by atoms with van der Waals surface area (Å²) in [4.78, 5) is 3.17. The van der Waals surface area contributed by atoms with Crippen molar-refractivity contribution in [2.45, 2.75) is 19.5 Å². The summed E-state index contributed by atoms with van der Waals surface area (Å²) in [6.45, 7) is 2.56. The fourth-order valence-corrected chi connectivity index (χ4v) is 3.41. The summed E-state index contributed by atoms with van der Waals surface area (Å²) in [7, 11) is 1.90. The summed E-state index contributed by atoms with van der Waals surface area (Å²) in [5, 5.41) is 2.00. The number of benzene rings is 1. The largest absolute Gasteiger partial charge is 0.294 e. The molecule has 1 aromatic heterocycles. The highest BCUT2D eigenvalue weighted by Gasteiger charge is 2.17. The third-order valence-corrected chi connectivity index (χ3v) is 5.06. The van der Waals surface area contributed by atoms with Gasteiger partial charge in [0.15, 0.2) is 0 Å². The molecule has 0 fully saturated rings. The Morgan fingerprint density at radius 3 is 2.68 bits per heavy atom.